The average molecular weight is 384 g/mol. The van der Waals surface area contributed by atoms with Gasteiger partial charge >= 0.3 is 5.97 Å². The van der Waals surface area contributed by atoms with Gasteiger partial charge in [0.15, 0.2) is 14.4 Å². The number of hydroxylamine groups is 2. The number of ether oxygens (including phenoxy) is 2. The van der Waals surface area contributed by atoms with Crippen LogP contribution in [0.15, 0.2) is 0 Å². The Balaban J connectivity index is 1.53. The summed E-state index contributed by atoms with van der Waals surface area (Å²) in [6, 6.07) is 0. The first-order valence-corrected chi connectivity index (χ1v) is 12.9. The van der Waals surface area contributed by atoms with Crippen LogP contribution in [0.25, 0.3) is 0 Å². The zero-order valence-electron chi connectivity index (χ0n) is 17.0. The summed E-state index contributed by atoms with van der Waals surface area (Å²) >= 11 is 0. The van der Waals surface area contributed by atoms with Crippen LogP contribution in [0.3, 0.4) is 0 Å². The maximum atomic E-state index is 12.5. The highest BCUT2D eigenvalue weighted by molar-refractivity contribution is 6.74. The summed E-state index contributed by atoms with van der Waals surface area (Å²) in [6.07, 6.45) is 3.24. The first-order valence-electron chi connectivity index (χ1n) is 9.94. The summed E-state index contributed by atoms with van der Waals surface area (Å²) in [7, 11) is -1.77. The highest BCUT2D eigenvalue weighted by Gasteiger charge is 2.84. The van der Waals surface area contributed by atoms with Crippen molar-refractivity contribution in [3.8, 4) is 0 Å². The van der Waals surface area contributed by atoms with Crippen LogP contribution in [0, 0.1) is 5.41 Å². The number of carbonyl (C=O) groups is 1. The van der Waals surface area contributed by atoms with Crippen molar-refractivity contribution in [1.82, 2.24) is 5.06 Å². The third-order valence-corrected chi connectivity index (χ3v) is 12.4. The lowest BCUT2D eigenvalue weighted by molar-refractivity contribution is -0.210. The van der Waals surface area contributed by atoms with Gasteiger partial charge in [-0.2, -0.15) is 5.06 Å². The molecule has 4 aliphatic heterocycles. The summed E-state index contributed by atoms with van der Waals surface area (Å²) < 4.78 is 18.2. The smallest absolute Gasteiger partial charge is 0.340 e. The molecule has 7 heteroatoms. The minimum absolute atomic E-state index is 0.200. The Labute approximate surface area is 157 Å². The molecule has 6 nitrogen and oxygen atoms in total. The van der Waals surface area contributed by atoms with Gasteiger partial charge in [0.05, 0.1) is 17.6 Å². The molecule has 1 spiro atoms. The number of hydrogen-bond acceptors (Lipinski definition) is 6. The zero-order chi connectivity index (χ0) is 19.0. The molecule has 0 saturated carbocycles. The van der Waals surface area contributed by atoms with Crippen molar-refractivity contribution in [2.45, 2.75) is 88.9 Å². The standard InChI is InChI=1S/C19H33NO5Si/c1-16(2,3)26(5,6)23-12-8-10-19-14-15(21)24-17(19,4)22-13-18(19)9-7-11-20(18)25-14/h14H,7-13H2,1-6H3/t14-,17+,18+,19-/m1/s1. The van der Waals surface area contributed by atoms with Gasteiger partial charge < -0.3 is 13.9 Å². The Kier molecular flexibility index (Phi) is 4.02. The summed E-state index contributed by atoms with van der Waals surface area (Å²) in [5.41, 5.74) is -0.653. The van der Waals surface area contributed by atoms with E-state index in [-0.39, 0.29) is 16.5 Å². The SMILES string of the molecule is CC(C)(C)[Si](C)(C)OCCC[C@]12[C@@H]3ON4CCC[C@@]41CO[C@@]2(C)OC3=O. The molecular formula is C19H33NO5Si. The van der Waals surface area contributed by atoms with Gasteiger partial charge in [-0.05, 0) is 43.8 Å². The molecule has 0 bridgehead atoms. The highest BCUT2D eigenvalue weighted by Crippen LogP contribution is 2.68. The number of nitrogens with zero attached hydrogens (tertiary/aromatic N) is 1. The molecule has 26 heavy (non-hydrogen) atoms. The molecule has 0 N–H and O–H groups in total. The first kappa shape index (κ1) is 18.9. The van der Waals surface area contributed by atoms with Crippen molar-refractivity contribution in [3.63, 3.8) is 0 Å². The topological polar surface area (TPSA) is 57.2 Å². The van der Waals surface area contributed by atoms with Crippen LogP contribution >= 0.6 is 0 Å². The van der Waals surface area contributed by atoms with Crippen molar-refractivity contribution < 1.29 is 23.5 Å². The molecule has 0 aromatic carbocycles. The van der Waals surface area contributed by atoms with Crippen LogP contribution in [0.4, 0.5) is 0 Å². The van der Waals surface area contributed by atoms with Gasteiger partial charge in [-0.25, -0.2) is 4.79 Å². The molecule has 4 aliphatic rings. The molecule has 4 saturated heterocycles. The van der Waals surface area contributed by atoms with Crippen LogP contribution in [0.1, 0.15) is 53.4 Å². The van der Waals surface area contributed by atoms with E-state index in [1.165, 1.54) is 0 Å². The molecule has 4 rings (SSSR count). The molecule has 0 unspecified atom stereocenters. The second-order valence-corrected chi connectivity index (χ2v) is 14.9. The largest absolute Gasteiger partial charge is 0.431 e. The van der Waals surface area contributed by atoms with Crippen molar-refractivity contribution in [3.05, 3.63) is 0 Å². The van der Waals surface area contributed by atoms with Gasteiger partial charge in [-0.3, -0.25) is 4.84 Å². The quantitative estimate of drug-likeness (QED) is 0.413. The summed E-state index contributed by atoms with van der Waals surface area (Å²) in [5, 5.41) is 2.24. The van der Waals surface area contributed by atoms with Gasteiger partial charge in [-0.1, -0.05) is 20.8 Å². The van der Waals surface area contributed by atoms with Crippen molar-refractivity contribution in [2.75, 3.05) is 19.8 Å². The van der Waals surface area contributed by atoms with Crippen molar-refractivity contribution in [1.29, 1.82) is 0 Å². The highest BCUT2D eigenvalue weighted by atomic mass is 28.4. The number of carbonyl (C=O) groups excluding carboxylic acids is 1. The maximum Gasteiger partial charge on any atom is 0.340 e. The average Bonchev–Trinajstić information content (AvgIpc) is 3.15. The van der Waals surface area contributed by atoms with E-state index in [4.69, 9.17) is 18.7 Å². The molecule has 4 atom stereocenters. The van der Waals surface area contributed by atoms with E-state index in [1.54, 1.807) is 0 Å². The van der Waals surface area contributed by atoms with E-state index in [0.29, 0.717) is 13.2 Å². The van der Waals surface area contributed by atoms with Crippen LogP contribution < -0.4 is 0 Å². The number of esters is 1. The lowest BCUT2D eigenvalue weighted by atomic mass is 9.62. The Morgan fingerprint density at radius 3 is 2.77 bits per heavy atom. The second kappa shape index (κ2) is 5.53. The van der Waals surface area contributed by atoms with Crippen LogP contribution in [0.2, 0.25) is 18.1 Å². The first-order chi connectivity index (χ1) is 12.0. The molecule has 4 fully saturated rings. The Morgan fingerprint density at radius 1 is 1.35 bits per heavy atom. The van der Waals surface area contributed by atoms with Gasteiger partial charge in [0, 0.05) is 20.1 Å². The fourth-order valence-corrected chi connectivity index (χ4v) is 6.42. The predicted molar refractivity (Wildman–Crippen MR) is 98.8 cm³/mol. The number of rotatable bonds is 5. The molecule has 0 aromatic heterocycles. The minimum Gasteiger partial charge on any atom is -0.431 e. The van der Waals surface area contributed by atoms with Crippen LogP contribution in [-0.2, 0) is 23.5 Å². The van der Waals surface area contributed by atoms with Crippen LogP contribution in [-0.4, -0.2) is 56.5 Å². The fourth-order valence-electron chi connectivity index (χ4n) is 5.33. The maximum absolute atomic E-state index is 12.5. The van der Waals surface area contributed by atoms with E-state index in [9.17, 15) is 4.79 Å². The molecule has 0 amide bonds. The summed E-state index contributed by atoms with van der Waals surface area (Å²) in [5.74, 6) is -1.16. The van der Waals surface area contributed by atoms with Crippen molar-refractivity contribution >= 4 is 14.3 Å². The zero-order valence-corrected chi connectivity index (χ0v) is 18.0. The fraction of sp³-hybridized carbons (Fsp3) is 0.947. The Bertz CT molecular complexity index is 620. The van der Waals surface area contributed by atoms with Gasteiger partial charge in [0.2, 0.25) is 5.79 Å². The van der Waals surface area contributed by atoms with Gasteiger partial charge in [0.25, 0.3) is 0 Å². The lowest BCUT2D eigenvalue weighted by Gasteiger charge is -2.41. The normalized spacial score (nSPS) is 42.2. The molecular weight excluding hydrogens is 350 g/mol. The third kappa shape index (κ3) is 2.15. The Hall–Kier alpha value is -0.473. The van der Waals surface area contributed by atoms with E-state index in [0.717, 1.165) is 32.2 Å². The van der Waals surface area contributed by atoms with Crippen LogP contribution in [0.5, 0.6) is 0 Å². The summed E-state index contributed by atoms with van der Waals surface area (Å²) in [4.78, 5) is 18.6. The van der Waals surface area contributed by atoms with Crippen molar-refractivity contribution in [2.24, 2.45) is 5.41 Å². The monoisotopic (exact) mass is 383 g/mol. The molecule has 0 radical (unpaired) electrons. The van der Waals surface area contributed by atoms with E-state index >= 15 is 0 Å². The molecule has 0 aliphatic carbocycles. The molecule has 148 valence electrons. The molecule has 4 heterocycles. The second-order valence-electron chi connectivity index (χ2n) is 10.1. The lowest BCUT2D eigenvalue weighted by Crippen LogP contribution is -2.56. The van der Waals surface area contributed by atoms with Gasteiger partial charge in [-0.15, -0.1) is 0 Å². The van der Waals surface area contributed by atoms with Gasteiger partial charge in [0.1, 0.15) is 0 Å². The molecule has 0 aromatic rings. The summed E-state index contributed by atoms with van der Waals surface area (Å²) in [6.45, 7) is 15.4. The van der Waals surface area contributed by atoms with E-state index < -0.39 is 25.6 Å². The van der Waals surface area contributed by atoms with E-state index in [1.807, 2.05) is 12.0 Å². The third-order valence-electron chi connectivity index (χ3n) is 7.83. The van der Waals surface area contributed by atoms with E-state index in [2.05, 4.69) is 33.9 Å². The minimum atomic E-state index is -1.77. The number of hydrogen-bond donors (Lipinski definition) is 0. The predicted octanol–water partition coefficient (Wildman–Crippen LogP) is 3.23. The Morgan fingerprint density at radius 2 is 2.08 bits per heavy atom.